The van der Waals surface area contributed by atoms with Crippen LogP contribution in [0, 0.1) is 11.6 Å². The highest BCUT2D eigenvalue weighted by atomic mass is 19.1. The molecule has 0 spiro atoms. The number of halogens is 2. The Bertz CT molecular complexity index is 1050. The maximum absolute atomic E-state index is 13.3. The fourth-order valence-electron chi connectivity index (χ4n) is 3.09. The molecular formula is C22H14F2O. The quantitative estimate of drug-likeness (QED) is 0.466. The van der Waals surface area contributed by atoms with Gasteiger partial charge < -0.3 is 5.11 Å². The van der Waals surface area contributed by atoms with Gasteiger partial charge in [0.2, 0.25) is 0 Å². The smallest absolute Gasteiger partial charge is 0.131 e. The first kappa shape index (κ1) is 15.3. The van der Waals surface area contributed by atoms with Gasteiger partial charge in [-0.05, 0) is 52.4 Å². The van der Waals surface area contributed by atoms with Crippen molar-refractivity contribution in [3.63, 3.8) is 0 Å². The van der Waals surface area contributed by atoms with Crippen molar-refractivity contribution in [2.75, 3.05) is 0 Å². The van der Waals surface area contributed by atoms with Gasteiger partial charge in [-0.25, -0.2) is 8.78 Å². The molecule has 25 heavy (non-hydrogen) atoms. The predicted octanol–water partition coefficient (Wildman–Crippen LogP) is 6.16. The summed E-state index contributed by atoms with van der Waals surface area (Å²) in [5.74, 6) is -0.534. The standard InChI is InChI=1S/C22H14F2O/c23-17-9-5-14(6-10-17)20-13-16-3-1-2-4-19(16)22(25)21(20)15-7-11-18(24)12-8-15/h1-13,25H. The molecule has 3 heteroatoms. The third kappa shape index (κ3) is 2.74. The van der Waals surface area contributed by atoms with Gasteiger partial charge in [-0.15, -0.1) is 0 Å². The van der Waals surface area contributed by atoms with E-state index in [1.54, 1.807) is 24.3 Å². The Labute approximate surface area is 143 Å². The average molecular weight is 332 g/mol. The van der Waals surface area contributed by atoms with E-state index in [-0.39, 0.29) is 17.4 Å². The van der Waals surface area contributed by atoms with Crippen LogP contribution in [0.4, 0.5) is 8.78 Å². The Morgan fingerprint density at radius 3 is 1.84 bits per heavy atom. The molecule has 0 amide bonds. The summed E-state index contributed by atoms with van der Waals surface area (Å²) in [6, 6.07) is 21.6. The second-order valence-corrected chi connectivity index (χ2v) is 5.88. The molecule has 4 aromatic rings. The second-order valence-electron chi connectivity index (χ2n) is 5.88. The fraction of sp³-hybridized carbons (Fsp3) is 0. The molecule has 0 radical (unpaired) electrons. The number of fused-ring (bicyclic) bond motifs is 1. The van der Waals surface area contributed by atoms with Crippen LogP contribution in [0.3, 0.4) is 0 Å². The van der Waals surface area contributed by atoms with E-state index in [0.29, 0.717) is 16.5 Å². The molecule has 0 bridgehead atoms. The Morgan fingerprint density at radius 1 is 0.640 bits per heavy atom. The summed E-state index contributed by atoms with van der Waals surface area (Å²) in [6.45, 7) is 0. The van der Waals surface area contributed by atoms with E-state index in [1.807, 2.05) is 30.3 Å². The van der Waals surface area contributed by atoms with E-state index >= 15 is 0 Å². The monoisotopic (exact) mass is 332 g/mol. The summed E-state index contributed by atoms with van der Waals surface area (Å²) in [7, 11) is 0. The summed E-state index contributed by atoms with van der Waals surface area (Å²) < 4.78 is 26.6. The average Bonchev–Trinajstić information content (AvgIpc) is 2.63. The van der Waals surface area contributed by atoms with E-state index in [9.17, 15) is 13.9 Å². The summed E-state index contributed by atoms with van der Waals surface area (Å²) in [6.07, 6.45) is 0. The molecule has 0 heterocycles. The van der Waals surface area contributed by atoms with Crippen molar-refractivity contribution in [3.8, 4) is 28.0 Å². The second kappa shape index (κ2) is 6.02. The molecule has 0 saturated carbocycles. The van der Waals surface area contributed by atoms with Crippen LogP contribution >= 0.6 is 0 Å². The molecule has 0 aromatic heterocycles. The van der Waals surface area contributed by atoms with Gasteiger partial charge in [0.25, 0.3) is 0 Å². The van der Waals surface area contributed by atoms with E-state index in [4.69, 9.17) is 0 Å². The Hall–Kier alpha value is -3.20. The molecule has 0 aliphatic carbocycles. The molecule has 4 aromatic carbocycles. The largest absolute Gasteiger partial charge is 0.507 e. The lowest BCUT2D eigenvalue weighted by molar-refractivity contribution is 0.484. The lowest BCUT2D eigenvalue weighted by Gasteiger charge is -2.15. The molecule has 0 aliphatic heterocycles. The Kier molecular flexibility index (Phi) is 3.69. The van der Waals surface area contributed by atoms with Gasteiger partial charge in [0, 0.05) is 10.9 Å². The zero-order valence-electron chi connectivity index (χ0n) is 13.2. The van der Waals surface area contributed by atoms with Crippen molar-refractivity contribution in [1.82, 2.24) is 0 Å². The summed E-state index contributed by atoms with van der Waals surface area (Å²) in [5, 5.41) is 12.5. The van der Waals surface area contributed by atoms with Crippen LogP contribution in [0.2, 0.25) is 0 Å². The van der Waals surface area contributed by atoms with E-state index in [2.05, 4.69) is 0 Å². The van der Waals surface area contributed by atoms with Crippen LogP contribution in [0.15, 0.2) is 78.9 Å². The number of phenols is 1. The lowest BCUT2D eigenvalue weighted by Crippen LogP contribution is -1.89. The van der Waals surface area contributed by atoms with Crippen LogP contribution < -0.4 is 0 Å². The van der Waals surface area contributed by atoms with Crippen LogP contribution in [-0.4, -0.2) is 5.11 Å². The van der Waals surface area contributed by atoms with Crippen LogP contribution in [0.1, 0.15) is 0 Å². The van der Waals surface area contributed by atoms with Gasteiger partial charge >= 0.3 is 0 Å². The Morgan fingerprint density at radius 2 is 1.20 bits per heavy atom. The molecule has 0 aliphatic rings. The molecule has 0 fully saturated rings. The van der Waals surface area contributed by atoms with E-state index < -0.39 is 0 Å². The minimum atomic E-state index is -0.340. The zero-order chi connectivity index (χ0) is 17.4. The van der Waals surface area contributed by atoms with Gasteiger partial charge in [0.1, 0.15) is 17.4 Å². The SMILES string of the molecule is Oc1c(-c2ccc(F)cc2)c(-c2ccc(F)cc2)cc2ccccc12. The summed E-state index contributed by atoms with van der Waals surface area (Å²) in [5.41, 5.74) is 2.85. The first-order valence-electron chi connectivity index (χ1n) is 7.90. The Balaban J connectivity index is 2.07. The van der Waals surface area contributed by atoms with Crippen molar-refractivity contribution in [1.29, 1.82) is 0 Å². The number of benzene rings is 4. The molecule has 122 valence electrons. The van der Waals surface area contributed by atoms with Gasteiger partial charge in [-0.2, -0.15) is 0 Å². The van der Waals surface area contributed by atoms with Gasteiger partial charge in [-0.3, -0.25) is 0 Å². The van der Waals surface area contributed by atoms with E-state index in [0.717, 1.165) is 16.5 Å². The molecule has 0 saturated heterocycles. The number of rotatable bonds is 2. The van der Waals surface area contributed by atoms with Crippen molar-refractivity contribution in [2.45, 2.75) is 0 Å². The predicted molar refractivity (Wildman–Crippen MR) is 96.4 cm³/mol. The van der Waals surface area contributed by atoms with Crippen molar-refractivity contribution in [2.24, 2.45) is 0 Å². The van der Waals surface area contributed by atoms with Crippen molar-refractivity contribution >= 4 is 10.8 Å². The zero-order valence-corrected chi connectivity index (χ0v) is 13.2. The highest BCUT2D eigenvalue weighted by Gasteiger charge is 2.16. The molecule has 1 nitrogen and oxygen atoms in total. The third-order valence-electron chi connectivity index (χ3n) is 4.31. The topological polar surface area (TPSA) is 20.2 Å². The number of hydrogen-bond donors (Lipinski definition) is 1. The third-order valence-corrected chi connectivity index (χ3v) is 4.31. The van der Waals surface area contributed by atoms with Crippen LogP contribution in [0.25, 0.3) is 33.0 Å². The fourth-order valence-corrected chi connectivity index (χ4v) is 3.09. The normalized spacial score (nSPS) is 11.0. The first-order valence-corrected chi connectivity index (χ1v) is 7.90. The molecule has 0 unspecified atom stereocenters. The van der Waals surface area contributed by atoms with Crippen molar-refractivity contribution < 1.29 is 13.9 Å². The molecule has 0 atom stereocenters. The minimum absolute atomic E-state index is 0.129. The maximum Gasteiger partial charge on any atom is 0.131 e. The highest BCUT2D eigenvalue weighted by Crippen LogP contribution is 2.43. The number of hydrogen-bond acceptors (Lipinski definition) is 1. The lowest BCUT2D eigenvalue weighted by atomic mass is 9.90. The van der Waals surface area contributed by atoms with Gasteiger partial charge in [-0.1, -0.05) is 48.5 Å². The van der Waals surface area contributed by atoms with Gasteiger partial charge in [0.15, 0.2) is 0 Å². The van der Waals surface area contributed by atoms with Crippen LogP contribution in [-0.2, 0) is 0 Å². The molecule has 1 N–H and O–H groups in total. The summed E-state index contributed by atoms with van der Waals surface area (Å²) in [4.78, 5) is 0. The summed E-state index contributed by atoms with van der Waals surface area (Å²) >= 11 is 0. The number of aromatic hydroxyl groups is 1. The van der Waals surface area contributed by atoms with E-state index in [1.165, 1.54) is 24.3 Å². The minimum Gasteiger partial charge on any atom is -0.507 e. The number of phenolic OH excluding ortho intramolecular Hbond substituents is 1. The maximum atomic E-state index is 13.3. The highest BCUT2D eigenvalue weighted by molar-refractivity contribution is 6.02. The van der Waals surface area contributed by atoms with Gasteiger partial charge in [0.05, 0.1) is 0 Å². The first-order chi connectivity index (χ1) is 12.1. The molecule has 4 rings (SSSR count). The van der Waals surface area contributed by atoms with Crippen LogP contribution in [0.5, 0.6) is 5.75 Å². The molecular weight excluding hydrogens is 318 g/mol. The van der Waals surface area contributed by atoms with Crippen molar-refractivity contribution in [3.05, 3.63) is 90.5 Å².